The molecule has 2 aromatic rings. The number of rotatable bonds is 3. The van der Waals surface area contributed by atoms with Gasteiger partial charge in [0.25, 0.3) is 0 Å². The molecule has 0 bridgehead atoms. The number of ether oxygens (including phenoxy) is 1. The summed E-state index contributed by atoms with van der Waals surface area (Å²) >= 11 is 6.15. The standard InChI is InChI=1S/C15H15ClO2/c1-10-3-8-13(14(16)9-10)15(17)11-4-6-12(18-2)7-5-11/h3-9,15,17H,1-2H3. The van der Waals surface area contributed by atoms with Crippen molar-refractivity contribution in [3.63, 3.8) is 0 Å². The summed E-state index contributed by atoms with van der Waals surface area (Å²) in [4.78, 5) is 0. The molecule has 2 rings (SSSR count). The van der Waals surface area contributed by atoms with Crippen LogP contribution in [0.5, 0.6) is 5.75 Å². The minimum absolute atomic E-state index is 0.582. The van der Waals surface area contributed by atoms with Gasteiger partial charge in [-0.15, -0.1) is 0 Å². The van der Waals surface area contributed by atoms with Crippen LogP contribution in [0, 0.1) is 6.92 Å². The molecule has 2 aromatic carbocycles. The van der Waals surface area contributed by atoms with Crippen molar-refractivity contribution < 1.29 is 9.84 Å². The Morgan fingerprint density at radius 1 is 1.11 bits per heavy atom. The van der Waals surface area contributed by atoms with Gasteiger partial charge in [0.2, 0.25) is 0 Å². The van der Waals surface area contributed by atoms with Crippen molar-refractivity contribution in [3.05, 3.63) is 64.2 Å². The molecule has 0 spiro atoms. The first kappa shape index (κ1) is 12.9. The zero-order valence-electron chi connectivity index (χ0n) is 10.4. The second kappa shape index (κ2) is 5.42. The lowest BCUT2D eigenvalue weighted by Gasteiger charge is -2.14. The molecule has 0 amide bonds. The fourth-order valence-corrected chi connectivity index (χ4v) is 2.16. The van der Waals surface area contributed by atoms with Crippen molar-refractivity contribution in [2.75, 3.05) is 7.11 Å². The van der Waals surface area contributed by atoms with Crippen molar-refractivity contribution in [2.24, 2.45) is 0 Å². The third-order valence-electron chi connectivity index (χ3n) is 2.88. The number of aliphatic hydroxyl groups excluding tert-OH is 1. The van der Waals surface area contributed by atoms with E-state index in [2.05, 4.69) is 0 Å². The molecule has 0 aliphatic heterocycles. The maximum atomic E-state index is 10.3. The van der Waals surface area contributed by atoms with Crippen molar-refractivity contribution in [1.29, 1.82) is 0 Å². The molecule has 0 saturated heterocycles. The van der Waals surface area contributed by atoms with Gasteiger partial charge in [-0.1, -0.05) is 35.9 Å². The van der Waals surface area contributed by atoms with Crippen LogP contribution in [-0.4, -0.2) is 12.2 Å². The molecular formula is C15H15ClO2. The minimum atomic E-state index is -0.719. The van der Waals surface area contributed by atoms with Gasteiger partial charge in [0.1, 0.15) is 11.9 Å². The van der Waals surface area contributed by atoms with Crippen molar-refractivity contribution in [1.82, 2.24) is 0 Å². The molecule has 0 aromatic heterocycles. The maximum Gasteiger partial charge on any atom is 0.118 e. The van der Waals surface area contributed by atoms with Gasteiger partial charge >= 0.3 is 0 Å². The van der Waals surface area contributed by atoms with Gasteiger partial charge in [-0.3, -0.25) is 0 Å². The van der Waals surface area contributed by atoms with E-state index in [1.165, 1.54) is 0 Å². The SMILES string of the molecule is COc1ccc(C(O)c2ccc(C)cc2Cl)cc1. The lowest BCUT2D eigenvalue weighted by molar-refractivity contribution is 0.220. The van der Waals surface area contributed by atoms with Crippen LogP contribution in [0.3, 0.4) is 0 Å². The molecule has 18 heavy (non-hydrogen) atoms. The maximum absolute atomic E-state index is 10.3. The molecule has 0 aliphatic rings. The fourth-order valence-electron chi connectivity index (χ4n) is 1.82. The molecule has 0 saturated carbocycles. The summed E-state index contributed by atoms with van der Waals surface area (Å²) in [5.41, 5.74) is 2.58. The average Bonchev–Trinajstić information content (AvgIpc) is 2.38. The predicted octanol–water partition coefficient (Wildman–Crippen LogP) is 3.74. The van der Waals surface area contributed by atoms with Crippen LogP contribution < -0.4 is 4.74 Å². The number of aryl methyl sites for hydroxylation is 1. The Morgan fingerprint density at radius 2 is 1.78 bits per heavy atom. The van der Waals surface area contributed by atoms with E-state index in [1.54, 1.807) is 7.11 Å². The summed E-state index contributed by atoms with van der Waals surface area (Å²) in [6.45, 7) is 1.97. The molecule has 0 heterocycles. The largest absolute Gasteiger partial charge is 0.497 e. The first-order chi connectivity index (χ1) is 8.61. The Labute approximate surface area is 112 Å². The lowest BCUT2D eigenvalue weighted by Crippen LogP contribution is -2.00. The van der Waals surface area contributed by atoms with Crippen LogP contribution >= 0.6 is 11.6 Å². The zero-order valence-corrected chi connectivity index (χ0v) is 11.1. The molecule has 3 heteroatoms. The van der Waals surface area contributed by atoms with E-state index in [1.807, 2.05) is 49.4 Å². The Balaban J connectivity index is 2.31. The number of benzene rings is 2. The lowest BCUT2D eigenvalue weighted by atomic mass is 10.0. The monoisotopic (exact) mass is 262 g/mol. The third kappa shape index (κ3) is 2.66. The highest BCUT2D eigenvalue weighted by Gasteiger charge is 2.13. The van der Waals surface area contributed by atoms with Gasteiger partial charge in [0, 0.05) is 10.6 Å². The second-order valence-electron chi connectivity index (χ2n) is 4.20. The molecule has 0 fully saturated rings. The molecule has 2 nitrogen and oxygen atoms in total. The van der Waals surface area contributed by atoms with Crippen molar-refractivity contribution in [3.8, 4) is 5.75 Å². The Bertz CT molecular complexity index is 535. The molecule has 94 valence electrons. The molecule has 1 N–H and O–H groups in total. The van der Waals surface area contributed by atoms with Crippen LogP contribution in [-0.2, 0) is 0 Å². The smallest absolute Gasteiger partial charge is 0.118 e. The number of aliphatic hydroxyl groups is 1. The van der Waals surface area contributed by atoms with Gasteiger partial charge in [-0.25, -0.2) is 0 Å². The number of hydrogen-bond acceptors (Lipinski definition) is 2. The van der Waals surface area contributed by atoms with Gasteiger partial charge in [-0.2, -0.15) is 0 Å². The van der Waals surface area contributed by atoms with Crippen LogP contribution in [0.25, 0.3) is 0 Å². The normalized spacial score (nSPS) is 12.2. The van der Waals surface area contributed by atoms with Crippen molar-refractivity contribution in [2.45, 2.75) is 13.0 Å². The molecule has 1 unspecified atom stereocenters. The van der Waals surface area contributed by atoms with Gasteiger partial charge in [0.15, 0.2) is 0 Å². The van der Waals surface area contributed by atoms with Gasteiger partial charge in [-0.05, 0) is 36.2 Å². The number of methoxy groups -OCH3 is 1. The van der Waals surface area contributed by atoms with Crippen LogP contribution in [0.1, 0.15) is 22.8 Å². The Kier molecular flexibility index (Phi) is 3.90. The summed E-state index contributed by atoms with van der Waals surface area (Å²) < 4.78 is 5.09. The summed E-state index contributed by atoms with van der Waals surface area (Å²) in [6, 6.07) is 12.9. The van der Waals surface area contributed by atoms with Gasteiger partial charge < -0.3 is 9.84 Å². The highest BCUT2D eigenvalue weighted by atomic mass is 35.5. The number of hydrogen-bond donors (Lipinski definition) is 1. The van der Waals surface area contributed by atoms with Crippen LogP contribution in [0.15, 0.2) is 42.5 Å². The molecule has 0 aliphatic carbocycles. The summed E-state index contributed by atoms with van der Waals surface area (Å²) in [5, 5.41) is 10.9. The zero-order chi connectivity index (χ0) is 13.1. The predicted molar refractivity (Wildman–Crippen MR) is 73.2 cm³/mol. The number of halogens is 1. The molecule has 1 atom stereocenters. The Morgan fingerprint density at radius 3 is 2.33 bits per heavy atom. The van der Waals surface area contributed by atoms with E-state index in [0.29, 0.717) is 10.6 Å². The summed E-state index contributed by atoms with van der Waals surface area (Å²) in [6.07, 6.45) is -0.719. The van der Waals surface area contributed by atoms with Crippen LogP contribution in [0.4, 0.5) is 0 Å². The summed E-state index contributed by atoms with van der Waals surface area (Å²) in [7, 11) is 1.61. The van der Waals surface area contributed by atoms with E-state index in [0.717, 1.165) is 16.9 Å². The summed E-state index contributed by atoms with van der Waals surface area (Å²) in [5.74, 6) is 0.765. The average molecular weight is 263 g/mol. The van der Waals surface area contributed by atoms with E-state index in [-0.39, 0.29) is 0 Å². The Hall–Kier alpha value is -1.51. The molecular weight excluding hydrogens is 248 g/mol. The first-order valence-corrected chi connectivity index (χ1v) is 6.07. The van der Waals surface area contributed by atoms with Crippen molar-refractivity contribution >= 4 is 11.6 Å². The fraction of sp³-hybridized carbons (Fsp3) is 0.200. The topological polar surface area (TPSA) is 29.5 Å². The third-order valence-corrected chi connectivity index (χ3v) is 3.21. The van der Waals surface area contributed by atoms with E-state index in [4.69, 9.17) is 16.3 Å². The quantitative estimate of drug-likeness (QED) is 0.913. The minimum Gasteiger partial charge on any atom is -0.497 e. The van der Waals surface area contributed by atoms with Crippen LogP contribution in [0.2, 0.25) is 5.02 Å². The second-order valence-corrected chi connectivity index (χ2v) is 4.61. The van der Waals surface area contributed by atoms with E-state index < -0.39 is 6.10 Å². The molecule has 0 radical (unpaired) electrons. The highest BCUT2D eigenvalue weighted by Crippen LogP contribution is 2.29. The van der Waals surface area contributed by atoms with Gasteiger partial charge in [0.05, 0.1) is 7.11 Å². The first-order valence-electron chi connectivity index (χ1n) is 5.70. The van der Waals surface area contributed by atoms with E-state index >= 15 is 0 Å². The van der Waals surface area contributed by atoms with E-state index in [9.17, 15) is 5.11 Å². The highest BCUT2D eigenvalue weighted by molar-refractivity contribution is 6.31.